The van der Waals surface area contributed by atoms with Gasteiger partial charge in [-0.3, -0.25) is 19.7 Å². The lowest BCUT2D eigenvalue weighted by atomic mass is 9.92. The van der Waals surface area contributed by atoms with Crippen LogP contribution in [-0.2, 0) is 16.0 Å². The maximum atomic E-state index is 12.2. The Balaban J connectivity index is 2.06. The van der Waals surface area contributed by atoms with Crippen molar-refractivity contribution in [3.8, 4) is 0 Å². The van der Waals surface area contributed by atoms with Crippen LogP contribution in [0.2, 0.25) is 5.02 Å². The van der Waals surface area contributed by atoms with Crippen molar-refractivity contribution in [3.63, 3.8) is 0 Å². The summed E-state index contributed by atoms with van der Waals surface area (Å²) in [6.45, 7) is 0. The van der Waals surface area contributed by atoms with Gasteiger partial charge in [0.1, 0.15) is 0 Å². The number of nitro benzene ring substituents is 1. The van der Waals surface area contributed by atoms with Crippen molar-refractivity contribution in [1.29, 1.82) is 0 Å². The number of nitrogens with zero attached hydrogens (tertiary/aromatic N) is 1. The molecule has 0 atom stereocenters. The van der Waals surface area contributed by atoms with E-state index in [9.17, 15) is 19.7 Å². The number of halogens is 1. The van der Waals surface area contributed by atoms with Gasteiger partial charge in [0, 0.05) is 12.1 Å². The fourth-order valence-corrected chi connectivity index (χ4v) is 3.23. The Hall–Kier alpha value is -2.15. The summed E-state index contributed by atoms with van der Waals surface area (Å²) >= 11 is 5.97. The normalized spacial score (nSPS) is 16.0. The Kier molecular flexibility index (Phi) is 5.20. The monoisotopic (exact) mass is 340 g/mol. The summed E-state index contributed by atoms with van der Waals surface area (Å²) in [4.78, 5) is 33.4. The zero-order valence-corrected chi connectivity index (χ0v) is 13.1. The average Bonchev–Trinajstić information content (AvgIpc) is 2.87. The molecule has 7 nitrogen and oxygen atoms in total. The first-order valence-electron chi connectivity index (χ1n) is 7.27. The third-order valence-electron chi connectivity index (χ3n) is 4.05. The van der Waals surface area contributed by atoms with Crippen LogP contribution in [0.1, 0.15) is 37.7 Å². The first kappa shape index (κ1) is 17.2. The molecule has 0 saturated heterocycles. The van der Waals surface area contributed by atoms with Crippen molar-refractivity contribution in [2.75, 3.05) is 0 Å². The van der Waals surface area contributed by atoms with Crippen molar-refractivity contribution in [2.45, 2.75) is 44.1 Å². The highest BCUT2D eigenvalue weighted by molar-refractivity contribution is 6.31. The van der Waals surface area contributed by atoms with Crippen molar-refractivity contribution in [3.05, 3.63) is 38.9 Å². The van der Waals surface area contributed by atoms with Crippen molar-refractivity contribution in [1.82, 2.24) is 5.32 Å². The van der Waals surface area contributed by atoms with E-state index in [1.165, 1.54) is 18.2 Å². The number of aliphatic carboxylic acids is 1. The number of carboxylic acid groups (broad SMARTS) is 1. The number of hydrogen-bond donors (Lipinski definition) is 2. The molecule has 0 aromatic heterocycles. The van der Waals surface area contributed by atoms with Crippen LogP contribution in [-0.4, -0.2) is 27.4 Å². The second kappa shape index (κ2) is 6.95. The number of amides is 1. The number of carbonyl (C=O) groups is 2. The van der Waals surface area contributed by atoms with E-state index < -0.39 is 16.4 Å². The van der Waals surface area contributed by atoms with Gasteiger partial charge in [-0.25, -0.2) is 0 Å². The number of hydrogen-bond acceptors (Lipinski definition) is 4. The minimum atomic E-state index is -0.944. The zero-order valence-electron chi connectivity index (χ0n) is 12.4. The van der Waals surface area contributed by atoms with Crippen LogP contribution >= 0.6 is 11.6 Å². The van der Waals surface area contributed by atoms with Gasteiger partial charge in [-0.05, 0) is 18.4 Å². The number of non-ortho nitro benzene ring substituents is 1. The third kappa shape index (κ3) is 4.41. The lowest BCUT2D eigenvalue weighted by Crippen LogP contribution is -2.48. The predicted molar refractivity (Wildman–Crippen MR) is 83.4 cm³/mol. The molecule has 1 aliphatic rings. The lowest BCUT2D eigenvalue weighted by molar-refractivity contribution is -0.384. The highest BCUT2D eigenvalue weighted by Gasteiger charge is 2.37. The SMILES string of the molecule is O=C(O)CC1(NC(=O)Cc2ccc([N+](=O)[O-])cc2Cl)CCCC1. The second-order valence-electron chi connectivity index (χ2n) is 5.82. The molecule has 0 radical (unpaired) electrons. The molecular formula is C15H17ClN2O5. The smallest absolute Gasteiger partial charge is 0.305 e. The number of carbonyl (C=O) groups excluding carboxylic acids is 1. The molecule has 0 heterocycles. The number of nitro groups is 1. The zero-order chi connectivity index (χ0) is 17.0. The number of rotatable bonds is 6. The van der Waals surface area contributed by atoms with Crippen molar-refractivity contribution < 1.29 is 19.6 Å². The van der Waals surface area contributed by atoms with E-state index in [1.54, 1.807) is 0 Å². The summed E-state index contributed by atoms with van der Waals surface area (Å²) in [7, 11) is 0. The van der Waals surface area contributed by atoms with Gasteiger partial charge in [0.15, 0.2) is 0 Å². The molecule has 1 amide bonds. The largest absolute Gasteiger partial charge is 0.481 e. The van der Waals surface area contributed by atoms with Gasteiger partial charge in [0.2, 0.25) is 5.91 Å². The highest BCUT2D eigenvalue weighted by atomic mass is 35.5. The lowest BCUT2D eigenvalue weighted by Gasteiger charge is -2.28. The summed E-state index contributed by atoms with van der Waals surface area (Å²) < 4.78 is 0. The van der Waals surface area contributed by atoms with Crippen LogP contribution in [0.5, 0.6) is 0 Å². The van der Waals surface area contributed by atoms with E-state index in [0.717, 1.165) is 12.8 Å². The number of benzene rings is 1. The van der Waals surface area contributed by atoms with Crippen LogP contribution in [0.3, 0.4) is 0 Å². The van der Waals surface area contributed by atoms with Gasteiger partial charge >= 0.3 is 5.97 Å². The number of carboxylic acids is 1. The van der Waals surface area contributed by atoms with Gasteiger partial charge in [0.25, 0.3) is 5.69 Å². The average molecular weight is 341 g/mol. The third-order valence-corrected chi connectivity index (χ3v) is 4.41. The quantitative estimate of drug-likeness (QED) is 0.611. The maximum absolute atomic E-state index is 12.2. The van der Waals surface area contributed by atoms with E-state index in [0.29, 0.717) is 18.4 Å². The molecular weight excluding hydrogens is 324 g/mol. The van der Waals surface area contributed by atoms with E-state index in [2.05, 4.69) is 5.32 Å². The topological polar surface area (TPSA) is 110 Å². The van der Waals surface area contributed by atoms with Crippen LogP contribution in [0.15, 0.2) is 18.2 Å². The summed E-state index contributed by atoms with van der Waals surface area (Å²) in [5, 5.41) is 22.7. The molecule has 1 aliphatic carbocycles. The number of nitrogens with one attached hydrogen (secondary N) is 1. The molecule has 0 aliphatic heterocycles. The van der Waals surface area contributed by atoms with Gasteiger partial charge in [-0.1, -0.05) is 30.5 Å². The Morgan fingerprint density at radius 1 is 1.35 bits per heavy atom. The minimum absolute atomic E-state index is 0.0435. The highest BCUT2D eigenvalue weighted by Crippen LogP contribution is 2.33. The first-order chi connectivity index (χ1) is 10.8. The fraction of sp³-hybridized carbons (Fsp3) is 0.467. The van der Waals surface area contributed by atoms with Gasteiger partial charge < -0.3 is 10.4 Å². The molecule has 0 spiro atoms. The van der Waals surface area contributed by atoms with Gasteiger partial charge in [-0.15, -0.1) is 0 Å². The molecule has 1 fully saturated rings. The Bertz CT molecular complexity index is 641. The van der Waals surface area contributed by atoms with Gasteiger partial charge in [0.05, 0.1) is 28.3 Å². The van der Waals surface area contributed by atoms with Crippen LogP contribution in [0, 0.1) is 10.1 Å². The van der Waals surface area contributed by atoms with Crippen LogP contribution < -0.4 is 5.32 Å². The summed E-state index contributed by atoms with van der Waals surface area (Å²) in [5.74, 6) is -1.27. The Morgan fingerprint density at radius 2 is 2.00 bits per heavy atom. The molecule has 1 aromatic carbocycles. The molecule has 23 heavy (non-hydrogen) atoms. The summed E-state index contributed by atoms with van der Waals surface area (Å²) in [6.07, 6.45) is 2.89. The summed E-state index contributed by atoms with van der Waals surface area (Å²) in [5.41, 5.74) is -0.369. The predicted octanol–water partition coefficient (Wildman–Crippen LogP) is 2.69. The van der Waals surface area contributed by atoms with E-state index in [1.807, 2.05) is 0 Å². The van der Waals surface area contributed by atoms with Crippen LogP contribution in [0.25, 0.3) is 0 Å². The summed E-state index contributed by atoms with van der Waals surface area (Å²) in [6, 6.07) is 3.93. The molecule has 124 valence electrons. The maximum Gasteiger partial charge on any atom is 0.305 e. The van der Waals surface area contributed by atoms with Crippen LogP contribution in [0.4, 0.5) is 5.69 Å². The standard InChI is InChI=1S/C15H17ClN2O5/c16-12-8-11(18(22)23)4-3-10(12)7-13(19)17-15(9-14(20)21)5-1-2-6-15/h3-4,8H,1-2,5-7,9H2,(H,17,19)(H,20,21). The van der Waals surface area contributed by atoms with Gasteiger partial charge in [-0.2, -0.15) is 0 Å². The minimum Gasteiger partial charge on any atom is -0.481 e. The van der Waals surface area contributed by atoms with E-state index in [-0.39, 0.29) is 29.5 Å². The molecule has 2 rings (SSSR count). The molecule has 1 aromatic rings. The second-order valence-corrected chi connectivity index (χ2v) is 6.22. The van der Waals surface area contributed by atoms with E-state index in [4.69, 9.17) is 16.7 Å². The van der Waals surface area contributed by atoms with Crippen molar-refractivity contribution >= 4 is 29.2 Å². The Labute approximate surface area is 137 Å². The molecule has 8 heteroatoms. The Morgan fingerprint density at radius 3 is 2.52 bits per heavy atom. The molecule has 0 bridgehead atoms. The molecule has 1 saturated carbocycles. The fourth-order valence-electron chi connectivity index (χ4n) is 2.99. The van der Waals surface area contributed by atoms with Crippen molar-refractivity contribution in [2.24, 2.45) is 0 Å². The molecule has 2 N–H and O–H groups in total. The first-order valence-corrected chi connectivity index (χ1v) is 7.65. The molecule has 0 unspecified atom stereocenters. The van der Waals surface area contributed by atoms with E-state index >= 15 is 0 Å².